The fourth-order valence-corrected chi connectivity index (χ4v) is 2.41. The molecule has 0 amide bonds. The lowest BCUT2D eigenvalue weighted by Crippen LogP contribution is -2.44. The van der Waals surface area contributed by atoms with E-state index in [0.717, 1.165) is 51.3 Å². The summed E-state index contributed by atoms with van der Waals surface area (Å²) in [6.07, 6.45) is 3.23. The predicted molar refractivity (Wildman–Crippen MR) is 79.4 cm³/mol. The lowest BCUT2D eigenvalue weighted by molar-refractivity contribution is 0.128. The van der Waals surface area contributed by atoms with Crippen LogP contribution < -0.4 is 16.4 Å². The minimum absolute atomic E-state index is 0.367. The molecule has 1 saturated heterocycles. The van der Waals surface area contributed by atoms with E-state index in [1.165, 1.54) is 0 Å². The number of ether oxygens (including phenoxy) is 1. The summed E-state index contributed by atoms with van der Waals surface area (Å²) in [6.45, 7) is 3.44. The molecule has 0 aliphatic carbocycles. The lowest BCUT2D eigenvalue weighted by Gasteiger charge is -2.27. The van der Waals surface area contributed by atoms with Crippen LogP contribution in [0.15, 0.2) is 30.3 Å². The van der Waals surface area contributed by atoms with Crippen LogP contribution in [0.4, 0.5) is 5.69 Å². The van der Waals surface area contributed by atoms with Crippen LogP contribution in [0.3, 0.4) is 0 Å². The molecule has 2 rings (SSSR count). The Labute approximate surface area is 115 Å². The van der Waals surface area contributed by atoms with Crippen molar-refractivity contribution >= 4 is 5.69 Å². The number of para-hydroxylation sites is 1. The van der Waals surface area contributed by atoms with E-state index >= 15 is 0 Å². The van der Waals surface area contributed by atoms with Gasteiger partial charge < -0.3 is 21.1 Å². The molecule has 0 spiro atoms. The maximum Gasteiger partial charge on any atom is 0.0639 e. The second kappa shape index (κ2) is 8.15. The molecular formula is C15H25N3O. The fraction of sp³-hybridized carbons (Fsp3) is 0.600. The summed E-state index contributed by atoms with van der Waals surface area (Å²) in [4.78, 5) is 0. The Bertz CT molecular complexity index is 345. The average Bonchev–Trinajstić information content (AvgIpc) is 2.44. The van der Waals surface area contributed by atoms with Gasteiger partial charge in [0.15, 0.2) is 0 Å². The number of nitrogens with one attached hydrogen (secondary N) is 2. The summed E-state index contributed by atoms with van der Waals surface area (Å²) in [5, 5.41) is 6.82. The van der Waals surface area contributed by atoms with Crippen molar-refractivity contribution < 1.29 is 4.74 Å². The van der Waals surface area contributed by atoms with Gasteiger partial charge in [-0.2, -0.15) is 0 Å². The molecule has 1 aromatic rings. The van der Waals surface area contributed by atoms with E-state index in [9.17, 15) is 0 Å². The summed E-state index contributed by atoms with van der Waals surface area (Å²) < 4.78 is 5.65. The third-order valence-electron chi connectivity index (χ3n) is 3.50. The molecule has 1 fully saturated rings. The molecule has 0 radical (unpaired) electrons. The highest BCUT2D eigenvalue weighted by Gasteiger charge is 2.17. The lowest BCUT2D eigenvalue weighted by atomic mass is 9.98. The molecule has 4 nitrogen and oxygen atoms in total. The van der Waals surface area contributed by atoms with Crippen LogP contribution >= 0.6 is 0 Å². The van der Waals surface area contributed by atoms with Crippen molar-refractivity contribution in [2.75, 3.05) is 31.6 Å². The van der Waals surface area contributed by atoms with E-state index < -0.39 is 0 Å². The molecule has 4 N–H and O–H groups in total. The molecule has 2 atom stereocenters. The number of anilines is 1. The van der Waals surface area contributed by atoms with E-state index in [0.29, 0.717) is 12.1 Å². The number of benzene rings is 1. The number of hydrogen-bond acceptors (Lipinski definition) is 4. The second-order valence-electron chi connectivity index (χ2n) is 5.13. The third-order valence-corrected chi connectivity index (χ3v) is 3.50. The van der Waals surface area contributed by atoms with Crippen molar-refractivity contribution in [2.24, 2.45) is 5.73 Å². The number of rotatable bonds is 7. The van der Waals surface area contributed by atoms with Crippen molar-refractivity contribution in [1.29, 1.82) is 0 Å². The van der Waals surface area contributed by atoms with Crippen LogP contribution in [-0.2, 0) is 4.74 Å². The van der Waals surface area contributed by atoms with E-state index in [-0.39, 0.29) is 0 Å². The van der Waals surface area contributed by atoms with Gasteiger partial charge in [-0.1, -0.05) is 18.2 Å². The Morgan fingerprint density at radius 1 is 1.26 bits per heavy atom. The maximum atomic E-state index is 5.95. The summed E-state index contributed by atoms with van der Waals surface area (Å²) >= 11 is 0. The maximum absolute atomic E-state index is 5.95. The third kappa shape index (κ3) is 5.59. The van der Waals surface area contributed by atoms with E-state index in [1.54, 1.807) is 0 Å². The Morgan fingerprint density at radius 3 is 2.89 bits per heavy atom. The predicted octanol–water partition coefficient (Wildman–Crippen LogP) is 1.58. The molecule has 0 saturated carbocycles. The summed E-state index contributed by atoms with van der Waals surface area (Å²) in [7, 11) is 0. The molecule has 4 heteroatoms. The molecule has 0 bridgehead atoms. The van der Waals surface area contributed by atoms with Gasteiger partial charge >= 0.3 is 0 Å². The van der Waals surface area contributed by atoms with Crippen LogP contribution in [0.25, 0.3) is 0 Å². The number of hydrogen-bond donors (Lipinski definition) is 3. The van der Waals surface area contributed by atoms with Crippen molar-refractivity contribution in [3.8, 4) is 0 Å². The second-order valence-corrected chi connectivity index (χ2v) is 5.13. The van der Waals surface area contributed by atoms with Gasteiger partial charge in [-0.15, -0.1) is 0 Å². The minimum Gasteiger partial charge on any atom is -0.383 e. The van der Waals surface area contributed by atoms with Crippen molar-refractivity contribution in [1.82, 2.24) is 5.32 Å². The van der Waals surface area contributed by atoms with Crippen LogP contribution in [0.1, 0.15) is 19.3 Å². The number of nitrogens with two attached hydrogens (primary N) is 1. The zero-order valence-electron chi connectivity index (χ0n) is 11.5. The zero-order valence-corrected chi connectivity index (χ0v) is 11.5. The number of piperidine rings is 1. The highest BCUT2D eigenvalue weighted by molar-refractivity contribution is 5.42. The van der Waals surface area contributed by atoms with Gasteiger partial charge in [0.2, 0.25) is 0 Å². The average molecular weight is 263 g/mol. The first-order valence-electron chi connectivity index (χ1n) is 7.20. The van der Waals surface area contributed by atoms with Crippen LogP contribution in [0, 0.1) is 0 Å². The Hall–Kier alpha value is -1.10. The monoisotopic (exact) mass is 263 g/mol. The topological polar surface area (TPSA) is 59.3 Å². The van der Waals surface area contributed by atoms with Crippen LogP contribution in [0.2, 0.25) is 0 Å². The molecule has 19 heavy (non-hydrogen) atoms. The molecule has 1 aromatic carbocycles. The highest BCUT2D eigenvalue weighted by Crippen LogP contribution is 2.09. The first-order valence-corrected chi connectivity index (χ1v) is 7.20. The van der Waals surface area contributed by atoms with Crippen molar-refractivity contribution in [3.05, 3.63) is 30.3 Å². The van der Waals surface area contributed by atoms with Gasteiger partial charge in [0, 0.05) is 30.9 Å². The first kappa shape index (κ1) is 14.3. The smallest absolute Gasteiger partial charge is 0.0639 e. The van der Waals surface area contributed by atoms with Crippen molar-refractivity contribution in [3.63, 3.8) is 0 Å². The highest BCUT2D eigenvalue weighted by atomic mass is 16.5. The zero-order chi connectivity index (χ0) is 13.3. The summed E-state index contributed by atoms with van der Waals surface area (Å²) in [5.74, 6) is 0. The molecule has 2 unspecified atom stereocenters. The van der Waals surface area contributed by atoms with Gasteiger partial charge in [0.25, 0.3) is 0 Å². The van der Waals surface area contributed by atoms with Gasteiger partial charge in [-0.3, -0.25) is 0 Å². The normalized spacial score (nSPS) is 23.2. The van der Waals surface area contributed by atoms with E-state index in [2.05, 4.69) is 22.8 Å². The van der Waals surface area contributed by atoms with E-state index in [1.807, 2.05) is 18.2 Å². The standard InChI is InChI=1S/C15H25N3O/c16-13-6-8-17-15(12-13)7-10-19-11-9-18-14-4-2-1-3-5-14/h1-5,13,15,17-18H,6-12,16H2. The molecule has 1 heterocycles. The molecule has 1 aliphatic heterocycles. The SMILES string of the molecule is NC1CCNC(CCOCCNc2ccccc2)C1. The quantitative estimate of drug-likeness (QED) is 0.654. The van der Waals surface area contributed by atoms with Gasteiger partial charge in [0.05, 0.1) is 6.61 Å². The van der Waals surface area contributed by atoms with Crippen molar-refractivity contribution in [2.45, 2.75) is 31.3 Å². The van der Waals surface area contributed by atoms with Crippen LogP contribution in [0.5, 0.6) is 0 Å². The molecule has 0 aromatic heterocycles. The Balaban J connectivity index is 1.48. The molecule has 1 aliphatic rings. The Kier molecular flexibility index (Phi) is 6.14. The molecular weight excluding hydrogens is 238 g/mol. The van der Waals surface area contributed by atoms with E-state index in [4.69, 9.17) is 10.5 Å². The summed E-state index contributed by atoms with van der Waals surface area (Å²) in [6, 6.07) is 11.1. The van der Waals surface area contributed by atoms with Crippen LogP contribution in [-0.4, -0.2) is 38.4 Å². The fourth-order valence-electron chi connectivity index (χ4n) is 2.41. The van der Waals surface area contributed by atoms with Gasteiger partial charge in [-0.25, -0.2) is 0 Å². The largest absolute Gasteiger partial charge is 0.383 e. The minimum atomic E-state index is 0.367. The molecule has 106 valence electrons. The summed E-state index contributed by atoms with van der Waals surface area (Å²) in [5.41, 5.74) is 7.10. The Morgan fingerprint density at radius 2 is 2.11 bits per heavy atom. The van der Waals surface area contributed by atoms with Gasteiger partial charge in [-0.05, 0) is 37.9 Å². The first-order chi connectivity index (χ1) is 9.34. The van der Waals surface area contributed by atoms with Gasteiger partial charge in [0.1, 0.15) is 0 Å².